The number of amides is 1. The van der Waals surface area contributed by atoms with Gasteiger partial charge in [0, 0.05) is 12.7 Å². The number of hydrogen-bond acceptors (Lipinski definition) is 6. The highest BCUT2D eigenvalue weighted by molar-refractivity contribution is 8.00. The van der Waals surface area contributed by atoms with Crippen molar-refractivity contribution >= 4 is 29.3 Å². The number of carboxylic acid groups (broad SMARTS) is 1. The number of carboxylic acids is 1. The molecule has 2 unspecified atom stereocenters. The third-order valence-corrected chi connectivity index (χ3v) is 5.54. The van der Waals surface area contributed by atoms with Gasteiger partial charge < -0.3 is 19.7 Å². The van der Waals surface area contributed by atoms with Crippen LogP contribution in [0.15, 0.2) is 53.7 Å². The number of carbonyl (C=O) groups excluding carboxylic acids is 1. The molecule has 8 nitrogen and oxygen atoms in total. The van der Waals surface area contributed by atoms with Gasteiger partial charge in [0.05, 0.1) is 10.8 Å². The average molecular weight is 444 g/mol. The summed E-state index contributed by atoms with van der Waals surface area (Å²) in [5.41, 5.74) is 0.645. The molecule has 0 aliphatic heterocycles. The SMILES string of the molecule is CC(Sc1nnc(C(C)Oc2ccc(F)cc2)n1C)C(=O)Nc1ccc(C(=O)O)cc1. The molecule has 0 spiro atoms. The Morgan fingerprint density at radius 2 is 1.74 bits per heavy atom. The number of aromatic carboxylic acids is 1. The molecule has 0 aliphatic rings. The zero-order valence-corrected chi connectivity index (χ0v) is 17.9. The van der Waals surface area contributed by atoms with E-state index >= 15 is 0 Å². The van der Waals surface area contributed by atoms with E-state index in [1.165, 1.54) is 60.3 Å². The van der Waals surface area contributed by atoms with Crippen molar-refractivity contribution in [1.82, 2.24) is 14.8 Å². The lowest BCUT2D eigenvalue weighted by Gasteiger charge is -2.15. The number of hydrogen-bond donors (Lipinski definition) is 2. The van der Waals surface area contributed by atoms with Gasteiger partial charge in [-0.3, -0.25) is 4.79 Å². The monoisotopic (exact) mass is 444 g/mol. The molecule has 1 heterocycles. The first-order valence-corrected chi connectivity index (χ1v) is 10.2. The van der Waals surface area contributed by atoms with Crippen molar-refractivity contribution in [2.45, 2.75) is 30.4 Å². The number of thioether (sulfide) groups is 1. The van der Waals surface area contributed by atoms with E-state index in [0.717, 1.165) is 0 Å². The van der Waals surface area contributed by atoms with E-state index in [0.29, 0.717) is 22.4 Å². The second kappa shape index (κ2) is 9.61. The first kappa shape index (κ1) is 22.3. The minimum absolute atomic E-state index is 0.143. The summed E-state index contributed by atoms with van der Waals surface area (Å²) in [6.07, 6.45) is -0.436. The van der Waals surface area contributed by atoms with Gasteiger partial charge in [-0.15, -0.1) is 10.2 Å². The van der Waals surface area contributed by atoms with E-state index in [9.17, 15) is 14.0 Å². The summed E-state index contributed by atoms with van der Waals surface area (Å²) in [4.78, 5) is 23.4. The fourth-order valence-corrected chi connectivity index (χ4v) is 3.53. The lowest BCUT2D eigenvalue weighted by atomic mass is 10.2. The average Bonchev–Trinajstić information content (AvgIpc) is 3.10. The van der Waals surface area contributed by atoms with Crippen molar-refractivity contribution in [3.63, 3.8) is 0 Å². The molecule has 31 heavy (non-hydrogen) atoms. The van der Waals surface area contributed by atoms with E-state index in [1.54, 1.807) is 25.5 Å². The Kier molecular flexibility index (Phi) is 6.91. The number of anilines is 1. The summed E-state index contributed by atoms with van der Waals surface area (Å²) in [5, 5.41) is 20.0. The molecule has 10 heteroatoms. The molecule has 0 fully saturated rings. The quantitative estimate of drug-likeness (QED) is 0.507. The van der Waals surface area contributed by atoms with Gasteiger partial charge in [0.25, 0.3) is 0 Å². The van der Waals surface area contributed by atoms with Crippen LogP contribution in [-0.4, -0.2) is 37.0 Å². The van der Waals surface area contributed by atoms with E-state index in [4.69, 9.17) is 9.84 Å². The van der Waals surface area contributed by atoms with Crippen LogP contribution in [0.1, 0.15) is 36.1 Å². The molecule has 2 aromatic carbocycles. The molecule has 0 saturated heterocycles. The van der Waals surface area contributed by atoms with E-state index in [2.05, 4.69) is 15.5 Å². The topological polar surface area (TPSA) is 106 Å². The van der Waals surface area contributed by atoms with E-state index in [-0.39, 0.29) is 17.3 Å². The highest BCUT2D eigenvalue weighted by Gasteiger charge is 2.22. The fourth-order valence-electron chi connectivity index (χ4n) is 2.70. The summed E-state index contributed by atoms with van der Waals surface area (Å²) in [6.45, 7) is 3.54. The number of nitrogens with zero attached hydrogens (tertiary/aromatic N) is 3. The summed E-state index contributed by atoms with van der Waals surface area (Å²) in [6, 6.07) is 11.6. The smallest absolute Gasteiger partial charge is 0.335 e. The van der Waals surface area contributed by atoms with Crippen LogP contribution in [0, 0.1) is 5.82 Å². The molecule has 0 radical (unpaired) electrons. The maximum Gasteiger partial charge on any atom is 0.335 e. The Labute approximate surface area is 182 Å². The number of aromatic nitrogens is 3. The van der Waals surface area contributed by atoms with Gasteiger partial charge in [-0.25, -0.2) is 9.18 Å². The molecule has 0 bridgehead atoms. The normalized spacial score (nSPS) is 12.8. The van der Waals surface area contributed by atoms with Crippen LogP contribution in [0.3, 0.4) is 0 Å². The molecular weight excluding hydrogens is 423 g/mol. The van der Waals surface area contributed by atoms with E-state index < -0.39 is 17.3 Å². The van der Waals surface area contributed by atoms with Crippen molar-refractivity contribution in [2.24, 2.45) is 7.05 Å². The fraction of sp³-hybridized carbons (Fsp3) is 0.238. The molecule has 2 atom stereocenters. The van der Waals surface area contributed by atoms with Crippen LogP contribution in [-0.2, 0) is 11.8 Å². The highest BCUT2D eigenvalue weighted by Crippen LogP contribution is 2.26. The van der Waals surface area contributed by atoms with Crippen LogP contribution < -0.4 is 10.1 Å². The van der Waals surface area contributed by atoms with Crippen LogP contribution in [0.5, 0.6) is 5.75 Å². The number of benzene rings is 2. The van der Waals surface area contributed by atoms with Crippen LogP contribution in [0.2, 0.25) is 0 Å². The maximum atomic E-state index is 13.0. The molecule has 0 aliphatic carbocycles. The third-order valence-electron chi connectivity index (χ3n) is 4.41. The van der Waals surface area contributed by atoms with Gasteiger partial charge in [-0.05, 0) is 62.4 Å². The Morgan fingerprint density at radius 3 is 2.35 bits per heavy atom. The molecule has 0 saturated carbocycles. The summed E-state index contributed by atoms with van der Waals surface area (Å²) < 4.78 is 20.6. The number of nitrogens with one attached hydrogen (secondary N) is 1. The highest BCUT2D eigenvalue weighted by atomic mass is 32.2. The predicted octanol–water partition coefficient (Wildman–Crippen LogP) is 3.91. The summed E-state index contributed by atoms with van der Waals surface area (Å²) in [5.74, 6) is -0.565. The molecule has 1 amide bonds. The van der Waals surface area contributed by atoms with E-state index in [1.807, 2.05) is 0 Å². The lowest BCUT2D eigenvalue weighted by Crippen LogP contribution is -2.23. The minimum Gasteiger partial charge on any atom is -0.483 e. The van der Waals surface area contributed by atoms with Crippen LogP contribution >= 0.6 is 11.8 Å². The molecule has 3 rings (SSSR count). The minimum atomic E-state index is -1.03. The predicted molar refractivity (Wildman–Crippen MR) is 114 cm³/mol. The Morgan fingerprint density at radius 1 is 1.10 bits per heavy atom. The Balaban J connectivity index is 1.61. The third kappa shape index (κ3) is 5.60. The number of carbonyl (C=O) groups is 2. The zero-order chi connectivity index (χ0) is 22.5. The van der Waals surface area contributed by atoms with Gasteiger partial charge in [-0.1, -0.05) is 11.8 Å². The van der Waals surface area contributed by atoms with Crippen molar-refractivity contribution in [3.8, 4) is 5.75 Å². The van der Waals surface area contributed by atoms with Crippen molar-refractivity contribution < 1.29 is 23.8 Å². The largest absolute Gasteiger partial charge is 0.483 e. The first-order valence-electron chi connectivity index (χ1n) is 9.37. The maximum absolute atomic E-state index is 13.0. The van der Waals surface area contributed by atoms with Crippen molar-refractivity contribution in [1.29, 1.82) is 0 Å². The van der Waals surface area contributed by atoms with Gasteiger partial charge in [0.15, 0.2) is 17.1 Å². The second-order valence-corrected chi connectivity index (χ2v) is 8.05. The van der Waals surface area contributed by atoms with Gasteiger partial charge in [0.1, 0.15) is 11.6 Å². The van der Waals surface area contributed by atoms with Crippen molar-refractivity contribution in [2.75, 3.05) is 5.32 Å². The first-order chi connectivity index (χ1) is 14.7. The number of ether oxygens (including phenoxy) is 1. The van der Waals surface area contributed by atoms with Gasteiger partial charge in [0.2, 0.25) is 5.91 Å². The molecule has 162 valence electrons. The summed E-state index contributed by atoms with van der Waals surface area (Å²) in [7, 11) is 1.78. The summed E-state index contributed by atoms with van der Waals surface area (Å²) >= 11 is 1.23. The Bertz CT molecular complexity index is 1070. The number of rotatable bonds is 8. The molecule has 2 N–H and O–H groups in total. The molecular formula is C21H21FN4O4S. The van der Waals surface area contributed by atoms with Gasteiger partial charge >= 0.3 is 5.97 Å². The van der Waals surface area contributed by atoms with Crippen molar-refractivity contribution in [3.05, 3.63) is 65.7 Å². The second-order valence-electron chi connectivity index (χ2n) is 6.75. The van der Waals surface area contributed by atoms with Gasteiger partial charge in [-0.2, -0.15) is 0 Å². The van der Waals surface area contributed by atoms with Crippen LogP contribution in [0.25, 0.3) is 0 Å². The molecule has 1 aromatic heterocycles. The van der Waals surface area contributed by atoms with Crippen LogP contribution in [0.4, 0.5) is 10.1 Å². The number of halogens is 1. The lowest BCUT2D eigenvalue weighted by molar-refractivity contribution is -0.115. The Hall–Kier alpha value is -3.40. The standard InChI is InChI=1S/C21H21FN4O4S/c1-12(30-17-10-6-15(22)7-11-17)18-24-25-21(26(18)3)31-13(2)19(27)23-16-8-4-14(5-9-16)20(28)29/h4-13H,1-3H3,(H,23,27)(H,28,29). The zero-order valence-electron chi connectivity index (χ0n) is 17.1. The molecule has 3 aromatic rings.